The van der Waals surface area contributed by atoms with Crippen LogP contribution in [0.5, 0.6) is 23.0 Å². The summed E-state index contributed by atoms with van der Waals surface area (Å²) in [6.45, 7) is 0.333. The first-order valence-electron chi connectivity index (χ1n) is 12.1. The standard InChI is InChI=1S/C29H29N3O7/c1-35-21-9-5-8-20(16-21)27(33)31-32-29-22(17-19-7-6-10-24(37-3)26(19)39-29)28(34)30-14-13-18-11-12-23(36-2)25(15-18)38-4/h5-12,15-17H,13-14H2,1-4H3,(H,30,34)(H,31,33)/b32-29+. The van der Waals surface area contributed by atoms with Gasteiger partial charge in [0.05, 0.1) is 28.4 Å². The fourth-order valence-corrected chi connectivity index (χ4v) is 3.91. The van der Waals surface area contributed by atoms with Crippen LogP contribution >= 0.6 is 0 Å². The zero-order valence-corrected chi connectivity index (χ0v) is 22.1. The minimum atomic E-state index is -0.496. The molecule has 0 aliphatic heterocycles. The third kappa shape index (κ3) is 6.30. The van der Waals surface area contributed by atoms with Gasteiger partial charge in [0.25, 0.3) is 11.8 Å². The van der Waals surface area contributed by atoms with Gasteiger partial charge < -0.3 is 28.7 Å². The van der Waals surface area contributed by atoms with Gasteiger partial charge in [-0.05, 0) is 54.4 Å². The van der Waals surface area contributed by atoms with E-state index in [1.54, 1.807) is 62.8 Å². The lowest BCUT2D eigenvalue weighted by molar-refractivity contribution is 0.0934. The Labute approximate surface area is 225 Å². The molecule has 0 aliphatic rings. The molecule has 0 saturated carbocycles. The normalized spacial score (nSPS) is 11.1. The van der Waals surface area contributed by atoms with Crippen LogP contribution in [0.1, 0.15) is 26.3 Å². The highest BCUT2D eigenvalue weighted by molar-refractivity contribution is 5.97. The molecule has 2 N–H and O–H groups in total. The first-order valence-corrected chi connectivity index (χ1v) is 12.1. The summed E-state index contributed by atoms with van der Waals surface area (Å²) in [5.74, 6) is 1.31. The van der Waals surface area contributed by atoms with Gasteiger partial charge in [-0.3, -0.25) is 9.59 Å². The number of para-hydroxylation sites is 1. The largest absolute Gasteiger partial charge is 0.497 e. The summed E-state index contributed by atoms with van der Waals surface area (Å²) < 4.78 is 27.2. The van der Waals surface area contributed by atoms with E-state index in [1.807, 2.05) is 18.2 Å². The van der Waals surface area contributed by atoms with Crippen LogP contribution in [0.15, 0.2) is 76.2 Å². The summed E-state index contributed by atoms with van der Waals surface area (Å²) in [6.07, 6.45) is 0.545. The Morgan fingerprint density at radius 3 is 2.31 bits per heavy atom. The maximum atomic E-state index is 13.2. The van der Waals surface area contributed by atoms with Crippen molar-refractivity contribution in [3.05, 3.63) is 89.0 Å². The van der Waals surface area contributed by atoms with Crippen molar-refractivity contribution in [3.8, 4) is 23.0 Å². The number of fused-ring (bicyclic) bond motifs is 1. The fraction of sp³-hybridized carbons (Fsp3) is 0.207. The number of benzene rings is 3. The number of ether oxygens (including phenoxy) is 4. The van der Waals surface area contributed by atoms with Crippen LogP contribution in [0.3, 0.4) is 0 Å². The van der Waals surface area contributed by atoms with Crippen LogP contribution < -0.4 is 35.2 Å². The highest BCUT2D eigenvalue weighted by atomic mass is 16.5. The van der Waals surface area contributed by atoms with E-state index >= 15 is 0 Å². The minimum Gasteiger partial charge on any atom is -0.497 e. The second-order valence-corrected chi connectivity index (χ2v) is 8.32. The molecule has 10 nitrogen and oxygen atoms in total. The van der Waals surface area contributed by atoms with Crippen molar-refractivity contribution < 1.29 is 33.0 Å². The molecule has 0 bridgehead atoms. The average molecular weight is 532 g/mol. The Morgan fingerprint density at radius 1 is 0.795 bits per heavy atom. The van der Waals surface area contributed by atoms with Crippen molar-refractivity contribution in [2.75, 3.05) is 35.0 Å². The van der Waals surface area contributed by atoms with Crippen molar-refractivity contribution in [1.82, 2.24) is 10.7 Å². The van der Waals surface area contributed by atoms with Crippen LogP contribution in [0, 0.1) is 0 Å². The van der Waals surface area contributed by atoms with Crippen molar-refractivity contribution in [3.63, 3.8) is 0 Å². The van der Waals surface area contributed by atoms with Crippen LogP contribution in [0.2, 0.25) is 0 Å². The van der Waals surface area contributed by atoms with Crippen molar-refractivity contribution in [2.24, 2.45) is 5.10 Å². The SMILES string of the molecule is COc1cccc(C(=O)N/N=c2/oc3c(OC)cccc3cc2C(=O)NCCc2ccc(OC)c(OC)c2)c1. The molecule has 0 unspecified atom stereocenters. The van der Waals surface area contributed by atoms with Crippen LogP contribution in [0.4, 0.5) is 0 Å². The molecule has 4 rings (SSSR count). The van der Waals surface area contributed by atoms with Crippen LogP contribution in [-0.4, -0.2) is 46.8 Å². The third-order valence-corrected chi connectivity index (χ3v) is 5.94. The second kappa shape index (κ2) is 12.5. The number of hydrogen-bond donors (Lipinski definition) is 2. The van der Waals surface area contributed by atoms with Gasteiger partial charge in [-0.25, -0.2) is 5.43 Å². The number of carbonyl (C=O) groups excluding carboxylic acids is 2. The van der Waals surface area contributed by atoms with E-state index in [0.717, 1.165) is 5.56 Å². The molecule has 0 aliphatic carbocycles. The smallest absolute Gasteiger partial charge is 0.271 e. The number of nitrogens with zero attached hydrogens (tertiary/aromatic N) is 1. The van der Waals surface area contributed by atoms with Gasteiger partial charge >= 0.3 is 0 Å². The van der Waals surface area contributed by atoms with Crippen LogP contribution in [-0.2, 0) is 6.42 Å². The Kier molecular flexibility index (Phi) is 8.67. The molecule has 0 radical (unpaired) electrons. The van der Waals surface area contributed by atoms with E-state index in [9.17, 15) is 9.59 Å². The molecule has 0 saturated heterocycles. The van der Waals surface area contributed by atoms with Gasteiger partial charge in [-0.1, -0.05) is 24.3 Å². The molecular weight excluding hydrogens is 502 g/mol. The molecule has 202 valence electrons. The van der Waals surface area contributed by atoms with Crippen molar-refractivity contribution >= 4 is 22.8 Å². The van der Waals surface area contributed by atoms with Crippen molar-refractivity contribution in [2.45, 2.75) is 6.42 Å². The third-order valence-electron chi connectivity index (χ3n) is 5.94. The maximum Gasteiger partial charge on any atom is 0.271 e. The lowest BCUT2D eigenvalue weighted by Crippen LogP contribution is -2.32. The molecule has 3 aromatic carbocycles. The molecular formula is C29H29N3O7. The van der Waals surface area contributed by atoms with Gasteiger partial charge in [0.1, 0.15) is 11.3 Å². The molecule has 1 heterocycles. The number of rotatable bonds is 10. The highest BCUT2D eigenvalue weighted by Gasteiger charge is 2.16. The zero-order valence-electron chi connectivity index (χ0n) is 22.1. The highest BCUT2D eigenvalue weighted by Crippen LogP contribution is 2.28. The van der Waals surface area contributed by atoms with Gasteiger partial charge in [0.2, 0.25) is 5.55 Å². The molecule has 10 heteroatoms. The van der Waals surface area contributed by atoms with E-state index in [4.69, 9.17) is 23.4 Å². The first-order chi connectivity index (χ1) is 19.0. The Balaban J connectivity index is 1.60. The van der Waals surface area contributed by atoms with E-state index < -0.39 is 11.8 Å². The number of methoxy groups -OCH3 is 4. The Hall–Kier alpha value is -4.99. The fourth-order valence-electron chi connectivity index (χ4n) is 3.91. The molecule has 0 fully saturated rings. The molecule has 39 heavy (non-hydrogen) atoms. The minimum absolute atomic E-state index is 0.0770. The topological polar surface area (TPSA) is 121 Å². The zero-order chi connectivity index (χ0) is 27.8. The van der Waals surface area contributed by atoms with E-state index in [2.05, 4.69) is 15.8 Å². The maximum absolute atomic E-state index is 13.2. The Morgan fingerprint density at radius 2 is 1.56 bits per heavy atom. The molecule has 4 aromatic rings. The van der Waals surface area contributed by atoms with E-state index in [1.165, 1.54) is 14.2 Å². The molecule has 2 amide bonds. The molecule has 0 spiro atoms. The van der Waals surface area contributed by atoms with E-state index in [0.29, 0.717) is 52.5 Å². The number of amides is 2. The summed E-state index contributed by atoms with van der Waals surface area (Å²) in [6, 6.07) is 19.1. The van der Waals surface area contributed by atoms with E-state index in [-0.39, 0.29) is 11.1 Å². The second-order valence-electron chi connectivity index (χ2n) is 8.32. The van der Waals surface area contributed by atoms with Gasteiger partial charge in [-0.15, -0.1) is 5.10 Å². The predicted molar refractivity (Wildman–Crippen MR) is 144 cm³/mol. The summed E-state index contributed by atoms with van der Waals surface area (Å²) in [7, 11) is 6.17. The summed E-state index contributed by atoms with van der Waals surface area (Å²) in [5.41, 5.74) is 4.20. The van der Waals surface area contributed by atoms with Gasteiger partial charge in [0, 0.05) is 17.5 Å². The molecule has 0 atom stereocenters. The monoisotopic (exact) mass is 531 g/mol. The number of nitrogens with one attached hydrogen (secondary N) is 2. The summed E-state index contributed by atoms with van der Waals surface area (Å²) in [5, 5.41) is 7.67. The van der Waals surface area contributed by atoms with Gasteiger partial charge in [0.15, 0.2) is 22.8 Å². The lowest BCUT2D eigenvalue weighted by Gasteiger charge is -2.11. The predicted octanol–water partition coefficient (Wildman–Crippen LogP) is 3.69. The summed E-state index contributed by atoms with van der Waals surface area (Å²) >= 11 is 0. The first kappa shape index (κ1) is 27.1. The number of hydrogen-bond acceptors (Lipinski definition) is 8. The average Bonchev–Trinajstić information content (AvgIpc) is 2.98. The van der Waals surface area contributed by atoms with Gasteiger partial charge in [-0.2, -0.15) is 0 Å². The van der Waals surface area contributed by atoms with Crippen LogP contribution in [0.25, 0.3) is 11.0 Å². The quantitative estimate of drug-likeness (QED) is 0.300. The Bertz CT molecular complexity index is 1560. The lowest BCUT2D eigenvalue weighted by atomic mass is 10.1. The van der Waals surface area contributed by atoms with Crippen molar-refractivity contribution in [1.29, 1.82) is 0 Å². The molecule has 1 aromatic heterocycles. The number of carbonyl (C=O) groups is 2. The summed E-state index contributed by atoms with van der Waals surface area (Å²) in [4.78, 5) is 26.0.